The minimum atomic E-state index is -0.100. The summed E-state index contributed by atoms with van der Waals surface area (Å²) in [7, 11) is 2.08. The summed E-state index contributed by atoms with van der Waals surface area (Å²) in [5, 5.41) is 2.98. The van der Waals surface area contributed by atoms with Gasteiger partial charge >= 0.3 is 0 Å². The van der Waals surface area contributed by atoms with E-state index in [1.54, 1.807) is 6.07 Å². The minimum absolute atomic E-state index is 0.100. The Morgan fingerprint density at radius 2 is 2.09 bits per heavy atom. The molecule has 4 heteroatoms. The predicted molar refractivity (Wildman–Crippen MR) is 93.7 cm³/mol. The van der Waals surface area contributed by atoms with Crippen molar-refractivity contribution in [1.29, 1.82) is 0 Å². The van der Waals surface area contributed by atoms with Gasteiger partial charge < -0.3 is 15.0 Å². The summed E-state index contributed by atoms with van der Waals surface area (Å²) in [6.45, 7) is 5.55. The second-order valence-corrected chi connectivity index (χ2v) is 5.88. The van der Waals surface area contributed by atoms with Crippen molar-refractivity contribution >= 4 is 17.3 Å². The van der Waals surface area contributed by atoms with E-state index in [1.165, 1.54) is 11.3 Å². The molecule has 0 saturated heterocycles. The molecule has 2 aromatic carbocycles. The van der Waals surface area contributed by atoms with E-state index < -0.39 is 0 Å². The number of hydrogen-bond donors (Lipinski definition) is 1. The van der Waals surface area contributed by atoms with Crippen molar-refractivity contribution in [2.45, 2.75) is 20.3 Å². The van der Waals surface area contributed by atoms with E-state index >= 15 is 0 Å². The van der Waals surface area contributed by atoms with Gasteiger partial charge in [0.2, 0.25) is 0 Å². The molecule has 1 heterocycles. The lowest BCUT2D eigenvalue weighted by atomic mass is 10.1. The van der Waals surface area contributed by atoms with E-state index in [0.717, 1.165) is 30.0 Å². The Morgan fingerprint density at radius 3 is 2.83 bits per heavy atom. The minimum Gasteiger partial charge on any atom is -0.494 e. The van der Waals surface area contributed by atoms with Crippen LogP contribution in [0.15, 0.2) is 36.4 Å². The maximum Gasteiger partial charge on any atom is 0.255 e. The van der Waals surface area contributed by atoms with Gasteiger partial charge in [-0.1, -0.05) is 6.07 Å². The Kier molecular flexibility index (Phi) is 4.24. The number of fused-ring (bicyclic) bond motifs is 1. The van der Waals surface area contributed by atoms with E-state index in [-0.39, 0.29) is 5.91 Å². The molecule has 1 amide bonds. The molecule has 0 spiro atoms. The molecule has 23 heavy (non-hydrogen) atoms. The number of likely N-dealkylation sites (N-methyl/N-ethyl adjacent to an activating group) is 1. The second-order valence-electron chi connectivity index (χ2n) is 5.88. The monoisotopic (exact) mass is 310 g/mol. The summed E-state index contributed by atoms with van der Waals surface area (Å²) in [4.78, 5) is 14.7. The highest BCUT2D eigenvalue weighted by atomic mass is 16.5. The van der Waals surface area contributed by atoms with Gasteiger partial charge in [-0.3, -0.25) is 4.79 Å². The molecule has 1 N–H and O–H groups in total. The van der Waals surface area contributed by atoms with Gasteiger partial charge in [-0.25, -0.2) is 0 Å². The molecule has 0 aromatic heterocycles. The third-order valence-corrected chi connectivity index (χ3v) is 4.21. The van der Waals surface area contributed by atoms with Crippen molar-refractivity contribution in [3.05, 3.63) is 53.1 Å². The van der Waals surface area contributed by atoms with Gasteiger partial charge in [0.15, 0.2) is 0 Å². The summed E-state index contributed by atoms with van der Waals surface area (Å²) >= 11 is 0. The van der Waals surface area contributed by atoms with Crippen LogP contribution in [-0.4, -0.2) is 26.1 Å². The molecule has 0 aliphatic carbocycles. The second kappa shape index (κ2) is 6.32. The summed E-state index contributed by atoms with van der Waals surface area (Å²) in [6.07, 6.45) is 1.07. The van der Waals surface area contributed by atoms with E-state index in [0.29, 0.717) is 12.2 Å². The fourth-order valence-corrected chi connectivity index (χ4v) is 2.93. The molecule has 0 atom stereocenters. The van der Waals surface area contributed by atoms with E-state index in [2.05, 4.69) is 23.3 Å². The van der Waals surface area contributed by atoms with Crippen molar-refractivity contribution < 1.29 is 9.53 Å². The highest BCUT2D eigenvalue weighted by molar-refractivity contribution is 6.04. The zero-order valence-corrected chi connectivity index (χ0v) is 13.8. The SMILES string of the molecule is CCOc1ccc(C(=O)Nc2ccc3c(c2)N(C)CC3)cc1C. The number of hydrogen-bond acceptors (Lipinski definition) is 3. The maximum absolute atomic E-state index is 12.5. The van der Waals surface area contributed by atoms with Gasteiger partial charge in [0.25, 0.3) is 5.91 Å². The van der Waals surface area contributed by atoms with E-state index in [1.807, 2.05) is 38.1 Å². The summed E-state index contributed by atoms with van der Waals surface area (Å²) in [5.74, 6) is 0.722. The van der Waals surface area contributed by atoms with Crippen LogP contribution in [0, 0.1) is 6.92 Å². The first-order valence-electron chi connectivity index (χ1n) is 7.97. The predicted octanol–water partition coefficient (Wildman–Crippen LogP) is 3.64. The Hall–Kier alpha value is -2.49. The zero-order chi connectivity index (χ0) is 16.4. The highest BCUT2D eigenvalue weighted by Crippen LogP contribution is 2.29. The zero-order valence-electron chi connectivity index (χ0n) is 13.8. The Balaban J connectivity index is 1.77. The molecule has 0 fully saturated rings. The lowest BCUT2D eigenvalue weighted by molar-refractivity contribution is 0.102. The number of ether oxygens (including phenoxy) is 1. The first-order valence-corrected chi connectivity index (χ1v) is 7.97. The standard InChI is InChI=1S/C19H22N2O2/c1-4-23-18-8-6-15(11-13(18)2)19(22)20-16-7-5-14-9-10-21(3)17(14)12-16/h5-8,11-12H,4,9-10H2,1-3H3,(H,20,22). The van der Waals surface area contributed by atoms with Crippen LogP contribution in [-0.2, 0) is 6.42 Å². The van der Waals surface area contributed by atoms with Crippen LogP contribution in [0.4, 0.5) is 11.4 Å². The van der Waals surface area contributed by atoms with E-state index in [4.69, 9.17) is 4.74 Å². The smallest absolute Gasteiger partial charge is 0.255 e. The molecule has 1 aliphatic rings. The van der Waals surface area contributed by atoms with Gasteiger partial charge in [-0.15, -0.1) is 0 Å². The Bertz CT molecular complexity index is 740. The van der Waals surface area contributed by atoms with Crippen molar-refractivity contribution in [1.82, 2.24) is 0 Å². The lowest BCUT2D eigenvalue weighted by Gasteiger charge is -2.14. The molecule has 4 nitrogen and oxygen atoms in total. The molecule has 120 valence electrons. The Morgan fingerprint density at radius 1 is 1.26 bits per heavy atom. The van der Waals surface area contributed by atoms with Gasteiger partial charge in [-0.2, -0.15) is 0 Å². The van der Waals surface area contributed by atoms with Crippen molar-refractivity contribution in [2.75, 3.05) is 30.4 Å². The summed E-state index contributed by atoms with van der Waals surface area (Å²) in [5.41, 5.74) is 4.97. The number of aryl methyl sites for hydroxylation is 1. The van der Waals surface area contributed by atoms with E-state index in [9.17, 15) is 4.79 Å². The quantitative estimate of drug-likeness (QED) is 0.937. The van der Waals surface area contributed by atoms with Gasteiger partial charge in [0, 0.05) is 30.5 Å². The third-order valence-electron chi connectivity index (χ3n) is 4.21. The van der Waals surface area contributed by atoms with Crippen LogP contribution in [0.25, 0.3) is 0 Å². The fourth-order valence-electron chi connectivity index (χ4n) is 2.93. The molecule has 2 aromatic rings. The maximum atomic E-state index is 12.5. The number of rotatable bonds is 4. The number of anilines is 2. The summed E-state index contributed by atoms with van der Waals surface area (Å²) < 4.78 is 5.51. The lowest BCUT2D eigenvalue weighted by Crippen LogP contribution is -2.14. The van der Waals surface area contributed by atoms with Gasteiger partial charge in [0.05, 0.1) is 6.61 Å². The van der Waals surface area contributed by atoms with Crippen LogP contribution in [0.2, 0.25) is 0 Å². The largest absolute Gasteiger partial charge is 0.494 e. The number of nitrogens with zero attached hydrogens (tertiary/aromatic N) is 1. The molecular weight excluding hydrogens is 288 g/mol. The molecule has 1 aliphatic heterocycles. The first-order chi connectivity index (χ1) is 11.1. The van der Waals surface area contributed by atoms with Crippen LogP contribution in [0.1, 0.15) is 28.4 Å². The fraction of sp³-hybridized carbons (Fsp3) is 0.316. The topological polar surface area (TPSA) is 41.6 Å². The Labute approximate surface area is 137 Å². The number of carbonyl (C=O) groups excluding carboxylic acids is 1. The molecule has 0 bridgehead atoms. The molecule has 0 unspecified atom stereocenters. The van der Waals surface area contributed by atoms with Crippen LogP contribution in [0.5, 0.6) is 5.75 Å². The normalized spacial score (nSPS) is 12.9. The molecule has 0 saturated carbocycles. The van der Waals surface area contributed by atoms with Gasteiger partial charge in [-0.05, 0) is 61.7 Å². The van der Waals surface area contributed by atoms with Crippen LogP contribution < -0.4 is 15.0 Å². The third kappa shape index (κ3) is 3.16. The number of benzene rings is 2. The summed E-state index contributed by atoms with van der Waals surface area (Å²) in [6, 6.07) is 11.6. The highest BCUT2D eigenvalue weighted by Gasteiger charge is 2.16. The molecule has 3 rings (SSSR count). The van der Waals surface area contributed by atoms with Crippen molar-refractivity contribution in [3.63, 3.8) is 0 Å². The molecular formula is C19H22N2O2. The first kappa shape index (κ1) is 15.4. The van der Waals surface area contributed by atoms with Gasteiger partial charge in [0.1, 0.15) is 5.75 Å². The molecule has 0 radical (unpaired) electrons. The number of nitrogens with one attached hydrogen (secondary N) is 1. The average molecular weight is 310 g/mol. The van der Waals surface area contributed by atoms with Crippen molar-refractivity contribution in [3.8, 4) is 5.75 Å². The van der Waals surface area contributed by atoms with Crippen LogP contribution in [0.3, 0.4) is 0 Å². The average Bonchev–Trinajstić information content (AvgIpc) is 2.90. The number of amides is 1. The number of carbonyl (C=O) groups is 1. The van der Waals surface area contributed by atoms with Crippen molar-refractivity contribution in [2.24, 2.45) is 0 Å². The van der Waals surface area contributed by atoms with Crippen LogP contribution >= 0.6 is 0 Å².